The molecule has 1 fully saturated rings. The minimum absolute atomic E-state index is 0.0487. The Morgan fingerprint density at radius 3 is 2.24 bits per heavy atom. The summed E-state index contributed by atoms with van der Waals surface area (Å²) in [5, 5.41) is 0. The van der Waals surface area contributed by atoms with Crippen LogP contribution in [-0.2, 0) is 28.3 Å². The number of methoxy groups -OCH3 is 2. The van der Waals surface area contributed by atoms with Crippen LogP contribution in [0.1, 0.15) is 5.56 Å². The number of carbonyl (C=O) groups excluding carboxylic acids is 1. The fourth-order valence-corrected chi connectivity index (χ4v) is 5.29. The Morgan fingerprint density at radius 1 is 1.00 bits per heavy atom. The fraction of sp³-hybridized carbons (Fsp3) is 0.364. The van der Waals surface area contributed by atoms with E-state index < -0.39 is 15.8 Å². The molecule has 10 nitrogen and oxygen atoms in total. The molecule has 1 aliphatic rings. The summed E-state index contributed by atoms with van der Waals surface area (Å²) in [6.45, 7) is 0.905. The zero-order chi connectivity index (χ0) is 23.8. The van der Waals surface area contributed by atoms with Crippen molar-refractivity contribution in [2.24, 2.45) is 7.05 Å². The average molecular weight is 476 g/mol. The zero-order valence-corrected chi connectivity index (χ0v) is 19.4. The van der Waals surface area contributed by atoms with Gasteiger partial charge in [-0.2, -0.15) is 4.31 Å². The van der Waals surface area contributed by atoms with E-state index in [0.29, 0.717) is 17.0 Å². The molecule has 11 heteroatoms. The number of piperazine rings is 1. The van der Waals surface area contributed by atoms with Gasteiger partial charge in [-0.25, -0.2) is 13.2 Å². The molecule has 4 rings (SSSR count). The number of aromatic nitrogens is 1. The molecular weight excluding hydrogens is 450 g/mol. The standard InChI is InChI=1S/C22H25N3O7S/c1-23-19-5-4-18(14-20(19)32-22(23)27)33(28,29)25-8-6-24(7-9-25)21(26)12-15-10-16(30-2)13-17(11-15)31-3/h4-5,10-11,13-14H,6-9,12H2,1-3H3. The molecule has 1 aromatic heterocycles. The Labute approximate surface area is 191 Å². The molecule has 0 aliphatic carbocycles. The number of rotatable bonds is 6. The van der Waals surface area contributed by atoms with Gasteiger partial charge in [0.1, 0.15) is 11.5 Å². The van der Waals surface area contributed by atoms with E-state index in [0.717, 1.165) is 5.56 Å². The quantitative estimate of drug-likeness (QED) is 0.527. The van der Waals surface area contributed by atoms with Crippen molar-refractivity contribution in [1.29, 1.82) is 0 Å². The molecule has 3 aromatic rings. The van der Waals surface area contributed by atoms with Crippen molar-refractivity contribution in [1.82, 2.24) is 13.8 Å². The molecule has 1 aliphatic heterocycles. The van der Waals surface area contributed by atoms with Gasteiger partial charge in [-0.05, 0) is 29.8 Å². The van der Waals surface area contributed by atoms with Gasteiger partial charge in [-0.1, -0.05) is 0 Å². The minimum atomic E-state index is -3.79. The van der Waals surface area contributed by atoms with Crippen LogP contribution in [-0.4, -0.2) is 68.5 Å². The Bertz CT molecular complexity index is 1330. The highest BCUT2D eigenvalue weighted by atomic mass is 32.2. The lowest BCUT2D eigenvalue weighted by Crippen LogP contribution is -2.50. The van der Waals surface area contributed by atoms with Crippen LogP contribution in [0.3, 0.4) is 0 Å². The van der Waals surface area contributed by atoms with Crippen molar-refractivity contribution < 1.29 is 27.1 Å². The lowest BCUT2D eigenvalue weighted by molar-refractivity contribution is -0.131. The van der Waals surface area contributed by atoms with Crippen LogP contribution < -0.4 is 15.2 Å². The largest absolute Gasteiger partial charge is 0.497 e. The smallest absolute Gasteiger partial charge is 0.419 e. The third-order valence-corrected chi connectivity index (χ3v) is 7.65. The van der Waals surface area contributed by atoms with Crippen LogP contribution in [0.2, 0.25) is 0 Å². The zero-order valence-electron chi connectivity index (χ0n) is 18.6. The van der Waals surface area contributed by atoms with E-state index in [4.69, 9.17) is 13.9 Å². The first-order valence-corrected chi connectivity index (χ1v) is 11.8. The van der Waals surface area contributed by atoms with Crippen molar-refractivity contribution in [3.8, 4) is 11.5 Å². The first kappa shape index (κ1) is 22.9. The van der Waals surface area contributed by atoms with Crippen LogP contribution in [0.5, 0.6) is 11.5 Å². The van der Waals surface area contributed by atoms with Gasteiger partial charge in [0, 0.05) is 45.4 Å². The summed E-state index contributed by atoms with van der Waals surface area (Å²) in [6.07, 6.45) is 0.157. The van der Waals surface area contributed by atoms with E-state index in [2.05, 4.69) is 0 Å². The normalized spacial score (nSPS) is 15.1. The lowest BCUT2D eigenvalue weighted by Gasteiger charge is -2.34. The van der Waals surface area contributed by atoms with E-state index in [1.54, 1.807) is 50.4 Å². The second kappa shape index (κ2) is 8.91. The van der Waals surface area contributed by atoms with Gasteiger partial charge in [0.05, 0.1) is 31.1 Å². The molecule has 0 bridgehead atoms. The second-order valence-electron chi connectivity index (χ2n) is 7.74. The van der Waals surface area contributed by atoms with Crippen LogP contribution in [0.15, 0.2) is 50.5 Å². The summed E-state index contributed by atoms with van der Waals surface area (Å²) in [4.78, 5) is 26.2. The van der Waals surface area contributed by atoms with Gasteiger partial charge in [0.15, 0.2) is 5.58 Å². The molecule has 1 saturated heterocycles. The summed E-state index contributed by atoms with van der Waals surface area (Å²) >= 11 is 0. The Morgan fingerprint density at radius 2 is 1.64 bits per heavy atom. The van der Waals surface area contributed by atoms with Crippen molar-refractivity contribution in [3.05, 3.63) is 52.5 Å². The van der Waals surface area contributed by atoms with Crippen LogP contribution in [0.25, 0.3) is 11.1 Å². The Balaban J connectivity index is 1.44. The molecule has 2 heterocycles. The van der Waals surface area contributed by atoms with E-state index >= 15 is 0 Å². The predicted molar refractivity (Wildman–Crippen MR) is 120 cm³/mol. The number of fused-ring (bicyclic) bond motifs is 1. The summed E-state index contributed by atoms with van der Waals surface area (Å²) in [5.74, 6) is 0.536. The third kappa shape index (κ3) is 4.46. The maximum absolute atomic E-state index is 13.1. The first-order valence-electron chi connectivity index (χ1n) is 10.3. The molecule has 33 heavy (non-hydrogen) atoms. The van der Waals surface area contributed by atoms with Gasteiger partial charge in [0.25, 0.3) is 0 Å². The monoisotopic (exact) mass is 475 g/mol. The van der Waals surface area contributed by atoms with E-state index in [1.165, 1.54) is 21.0 Å². The fourth-order valence-electron chi connectivity index (χ4n) is 3.86. The molecular formula is C22H25N3O7S. The highest BCUT2D eigenvalue weighted by Gasteiger charge is 2.30. The number of amides is 1. The van der Waals surface area contributed by atoms with Crippen molar-refractivity contribution in [2.45, 2.75) is 11.3 Å². The van der Waals surface area contributed by atoms with Crippen LogP contribution in [0, 0.1) is 0 Å². The van der Waals surface area contributed by atoms with Gasteiger partial charge >= 0.3 is 5.76 Å². The second-order valence-corrected chi connectivity index (χ2v) is 9.68. The summed E-state index contributed by atoms with van der Waals surface area (Å²) in [5.41, 5.74) is 1.48. The highest BCUT2D eigenvalue weighted by molar-refractivity contribution is 7.89. The summed E-state index contributed by atoms with van der Waals surface area (Å²) in [7, 11) is 0.853. The van der Waals surface area contributed by atoms with Crippen molar-refractivity contribution in [2.75, 3.05) is 40.4 Å². The molecule has 0 N–H and O–H groups in total. The number of hydrogen-bond donors (Lipinski definition) is 0. The summed E-state index contributed by atoms with van der Waals surface area (Å²) < 4.78 is 44.5. The number of benzene rings is 2. The van der Waals surface area contributed by atoms with E-state index in [-0.39, 0.29) is 49.0 Å². The molecule has 0 spiro atoms. The maximum atomic E-state index is 13.1. The SMILES string of the molecule is COc1cc(CC(=O)N2CCN(S(=O)(=O)c3ccc4c(c3)oc(=O)n4C)CC2)cc(OC)c1. The molecule has 0 atom stereocenters. The topological polar surface area (TPSA) is 111 Å². The number of hydrogen-bond acceptors (Lipinski definition) is 7. The third-order valence-electron chi connectivity index (χ3n) is 5.76. The Kier molecular flexibility index (Phi) is 6.17. The molecule has 1 amide bonds. The van der Waals surface area contributed by atoms with Crippen molar-refractivity contribution >= 4 is 27.0 Å². The van der Waals surface area contributed by atoms with Crippen LogP contribution >= 0.6 is 0 Å². The predicted octanol–water partition coefficient (Wildman–Crippen LogP) is 1.22. The number of ether oxygens (including phenoxy) is 2. The number of aryl methyl sites for hydroxylation is 1. The van der Waals surface area contributed by atoms with Gasteiger partial charge < -0.3 is 18.8 Å². The van der Waals surface area contributed by atoms with E-state index in [1.807, 2.05) is 0 Å². The molecule has 0 unspecified atom stereocenters. The van der Waals surface area contributed by atoms with Crippen LogP contribution in [0.4, 0.5) is 0 Å². The molecule has 0 saturated carbocycles. The van der Waals surface area contributed by atoms with Gasteiger partial charge in [-0.15, -0.1) is 0 Å². The maximum Gasteiger partial charge on any atom is 0.419 e. The number of carbonyl (C=O) groups is 1. The number of oxazole rings is 1. The van der Waals surface area contributed by atoms with E-state index in [9.17, 15) is 18.0 Å². The van der Waals surface area contributed by atoms with Gasteiger partial charge in [0.2, 0.25) is 15.9 Å². The molecule has 2 aromatic carbocycles. The summed E-state index contributed by atoms with van der Waals surface area (Å²) in [6, 6.07) is 9.66. The Hall–Kier alpha value is -3.31. The first-order chi connectivity index (χ1) is 15.7. The minimum Gasteiger partial charge on any atom is -0.497 e. The van der Waals surface area contributed by atoms with Gasteiger partial charge in [-0.3, -0.25) is 9.36 Å². The average Bonchev–Trinajstić information content (AvgIpc) is 3.11. The molecule has 0 radical (unpaired) electrons. The highest BCUT2D eigenvalue weighted by Crippen LogP contribution is 2.24. The lowest BCUT2D eigenvalue weighted by atomic mass is 10.1. The molecule has 176 valence electrons. The number of sulfonamides is 1. The van der Waals surface area contributed by atoms with Crippen molar-refractivity contribution in [3.63, 3.8) is 0 Å². The number of nitrogens with zero attached hydrogens (tertiary/aromatic N) is 3.